The van der Waals surface area contributed by atoms with Gasteiger partial charge in [-0.1, -0.05) is 29.8 Å². The Kier molecular flexibility index (Phi) is 10.3. The van der Waals surface area contributed by atoms with Gasteiger partial charge >= 0.3 is 12.1 Å². The van der Waals surface area contributed by atoms with E-state index in [-0.39, 0.29) is 24.3 Å². The third kappa shape index (κ3) is 8.76. The summed E-state index contributed by atoms with van der Waals surface area (Å²) in [6.07, 6.45) is -0.0434. The lowest BCUT2D eigenvalue weighted by Crippen LogP contribution is -2.51. The number of aryl methyl sites for hydroxylation is 1. The van der Waals surface area contributed by atoms with Crippen molar-refractivity contribution in [2.45, 2.75) is 82.5 Å². The van der Waals surface area contributed by atoms with Crippen molar-refractivity contribution < 1.29 is 37.4 Å². The number of nitrogens with one attached hydrogen (secondary N) is 3. The van der Waals surface area contributed by atoms with Crippen molar-refractivity contribution in [1.82, 2.24) is 14.9 Å². The highest BCUT2D eigenvalue weighted by Crippen LogP contribution is 2.26. The van der Waals surface area contributed by atoms with Gasteiger partial charge in [-0.15, -0.1) is 0 Å². The zero-order valence-corrected chi connectivity index (χ0v) is 25.2. The summed E-state index contributed by atoms with van der Waals surface area (Å²) in [6.45, 7) is 8.63. The summed E-state index contributed by atoms with van der Waals surface area (Å²) >= 11 is 0. The van der Waals surface area contributed by atoms with Crippen LogP contribution in [0.2, 0.25) is 0 Å². The molecule has 0 aliphatic carbocycles. The van der Waals surface area contributed by atoms with Crippen LogP contribution in [-0.2, 0) is 35.6 Å². The minimum atomic E-state index is -3.94. The molecule has 3 rings (SSSR count). The molecule has 3 atom stereocenters. The van der Waals surface area contributed by atoms with E-state index in [0.29, 0.717) is 17.7 Å². The van der Waals surface area contributed by atoms with Crippen molar-refractivity contribution in [1.29, 1.82) is 0 Å². The van der Waals surface area contributed by atoms with Crippen LogP contribution in [0, 0.1) is 6.92 Å². The Balaban J connectivity index is 1.61. The van der Waals surface area contributed by atoms with Crippen LogP contribution in [0.1, 0.15) is 51.7 Å². The summed E-state index contributed by atoms with van der Waals surface area (Å²) in [5.74, 6) is -2.43. The van der Waals surface area contributed by atoms with Crippen molar-refractivity contribution in [3.05, 3.63) is 59.7 Å². The molecule has 2 aromatic rings. The van der Waals surface area contributed by atoms with Gasteiger partial charge in [0.2, 0.25) is 21.8 Å². The first-order chi connectivity index (χ1) is 19.6. The van der Waals surface area contributed by atoms with Gasteiger partial charge in [-0.25, -0.2) is 18.0 Å². The number of rotatable bonds is 10. The zero-order valence-electron chi connectivity index (χ0n) is 24.3. The maximum absolute atomic E-state index is 13.2. The van der Waals surface area contributed by atoms with Crippen LogP contribution < -0.4 is 16.0 Å². The summed E-state index contributed by atoms with van der Waals surface area (Å²) in [5, 5.41) is 17.4. The van der Waals surface area contributed by atoms with Crippen molar-refractivity contribution in [2.75, 3.05) is 11.9 Å². The van der Waals surface area contributed by atoms with Crippen LogP contribution in [0.5, 0.6) is 0 Å². The van der Waals surface area contributed by atoms with Gasteiger partial charge in [-0.05, 0) is 77.3 Å². The smallest absolute Gasteiger partial charge is 0.408 e. The fourth-order valence-corrected chi connectivity index (χ4v) is 6.02. The first kappa shape index (κ1) is 32.5. The average molecular weight is 603 g/mol. The second-order valence-electron chi connectivity index (χ2n) is 11.2. The second kappa shape index (κ2) is 13.3. The summed E-state index contributed by atoms with van der Waals surface area (Å²) in [7, 11) is -3.94. The Morgan fingerprint density at radius 1 is 1.02 bits per heavy atom. The molecule has 12 nitrogen and oxygen atoms in total. The molecule has 42 heavy (non-hydrogen) atoms. The molecule has 1 saturated heterocycles. The van der Waals surface area contributed by atoms with Gasteiger partial charge in [-0.3, -0.25) is 9.59 Å². The van der Waals surface area contributed by atoms with Crippen molar-refractivity contribution in [3.63, 3.8) is 0 Å². The summed E-state index contributed by atoms with van der Waals surface area (Å²) in [6, 6.07) is 9.48. The average Bonchev–Trinajstić information content (AvgIpc) is 3.39. The molecule has 1 aliphatic rings. The molecule has 1 aliphatic heterocycles. The number of nitrogens with zero attached hydrogens (tertiary/aromatic N) is 1. The van der Waals surface area contributed by atoms with Gasteiger partial charge in [0, 0.05) is 18.7 Å². The summed E-state index contributed by atoms with van der Waals surface area (Å²) < 4.78 is 32.7. The minimum Gasteiger partial charge on any atom is -0.480 e. The lowest BCUT2D eigenvalue weighted by atomic mass is 10.0. The van der Waals surface area contributed by atoms with Crippen LogP contribution in [0.3, 0.4) is 0 Å². The zero-order chi connectivity index (χ0) is 31.2. The fraction of sp³-hybridized carbons (Fsp3) is 0.448. The molecule has 0 aromatic heterocycles. The Labute approximate surface area is 245 Å². The Hall–Kier alpha value is -3.97. The number of carbonyl (C=O) groups excluding carboxylic acids is 3. The highest BCUT2D eigenvalue weighted by atomic mass is 32.2. The number of sulfonamides is 1. The molecular weight excluding hydrogens is 564 g/mol. The molecule has 0 bridgehead atoms. The lowest BCUT2D eigenvalue weighted by Gasteiger charge is -2.25. The maximum atomic E-state index is 13.2. The Morgan fingerprint density at radius 3 is 2.21 bits per heavy atom. The van der Waals surface area contributed by atoms with Gasteiger partial charge in [0.05, 0.1) is 4.90 Å². The molecule has 0 unspecified atom stereocenters. The number of carboxylic acid groups (broad SMARTS) is 1. The van der Waals surface area contributed by atoms with E-state index in [9.17, 15) is 32.7 Å². The van der Waals surface area contributed by atoms with E-state index in [1.807, 2.05) is 6.92 Å². The van der Waals surface area contributed by atoms with E-state index < -0.39 is 57.6 Å². The van der Waals surface area contributed by atoms with Crippen LogP contribution in [0.15, 0.2) is 53.4 Å². The molecule has 4 N–H and O–H groups in total. The van der Waals surface area contributed by atoms with E-state index in [1.54, 1.807) is 57.2 Å². The second-order valence-corrected chi connectivity index (χ2v) is 13.1. The molecule has 13 heteroatoms. The van der Waals surface area contributed by atoms with E-state index >= 15 is 0 Å². The van der Waals surface area contributed by atoms with Crippen LogP contribution in [-0.4, -0.2) is 72.0 Å². The van der Waals surface area contributed by atoms with Crippen molar-refractivity contribution >= 4 is 39.6 Å². The Bertz CT molecular complexity index is 1400. The van der Waals surface area contributed by atoms with Crippen LogP contribution in [0.4, 0.5) is 10.5 Å². The number of amides is 3. The highest BCUT2D eigenvalue weighted by molar-refractivity contribution is 7.89. The number of carboxylic acids is 1. The number of alkyl carbamates (subject to hydrolysis) is 1. The normalized spacial score (nSPS) is 17.1. The van der Waals surface area contributed by atoms with Crippen LogP contribution >= 0.6 is 0 Å². The number of hydrogen-bond acceptors (Lipinski definition) is 7. The van der Waals surface area contributed by atoms with E-state index in [4.69, 9.17) is 4.74 Å². The fourth-order valence-electron chi connectivity index (χ4n) is 4.36. The van der Waals surface area contributed by atoms with Gasteiger partial charge in [0.25, 0.3) is 0 Å². The third-order valence-electron chi connectivity index (χ3n) is 6.54. The molecular formula is C29H38N4O8S. The van der Waals surface area contributed by atoms with E-state index in [2.05, 4.69) is 16.0 Å². The standard InChI is InChI=1S/C29H38N4O8S/c1-18-8-14-22(15-9-18)42(39,40)33-16-6-7-24(33)26(35)32-23(27(36)37)17-20-10-12-21(13-11-20)31-25(34)19(2)30-28(38)41-29(3,4)5/h8-15,19,23-24H,6-7,16-17H2,1-5H3,(H,30,38)(H,31,34)(H,32,35)(H,36,37)/t19-,23+,24+/m1/s1. The van der Waals surface area contributed by atoms with Crippen molar-refractivity contribution in [3.8, 4) is 0 Å². The molecule has 1 fully saturated rings. The van der Waals surface area contributed by atoms with Gasteiger partial charge in [0.15, 0.2) is 0 Å². The molecule has 0 spiro atoms. The molecule has 3 amide bonds. The SMILES string of the molecule is Cc1ccc(S(=O)(=O)N2CCC[C@H]2C(=O)N[C@@H](Cc2ccc(NC(=O)[C@@H](C)NC(=O)OC(C)(C)C)cc2)C(=O)O)cc1. The number of ether oxygens (including phenoxy) is 1. The number of carbonyl (C=O) groups is 4. The molecule has 0 saturated carbocycles. The molecule has 1 heterocycles. The molecule has 2 aromatic carbocycles. The van der Waals surface area contributed by atoms with Gasteiger partial charge in [0.1, 0.15) is 23.7 Å². The quantitative estimate of drug-likeness (QED) is 0.322. The number of hydrogen-bond donors (Lipinski definition) is 4. The molecule has 228 valence electrons. The number of aliphatic carboxylic acids is 1. The first-order valence-corrected chi connectivity index (χ1v) is 15.0. The molecule has 0 radical (unpaired) electrons. The van der Waals surface area contributed by atoms with E-state index in [0.717, 1.165) is 9.87 Å². The van der Waals surface area contributed by atoms with Gasteiger partial charge < -0.3 is 25.8 Å². The lowest BCUT2D eigenvalue weighted by molar-refractivity contribution is -0.142. The first-order valence-electron chi connectivity index (χ1n) is 13.6. The largest absolute Gasteiger partial charge is 0.480 e. The number of anilines is 1. The Morgan fingerprint density at radius 2 is 1.64 bits per heavy atom. The van der Waals surface area contributed by atoms with Crippen molar-refractivity contribution in [2.24, 2.45) is 0 Å². The predicted molar refractivity (Wildman–Crippen MR) is 155 cm³/mol. The van der Waals surface area contributed by atoms with Crippen LogP contribution in [0.25, 0.3) is 0 Å². The minimum absolute atomic E-state index is 0.0661. The monoisotopic (exact) mass is 602 g/mol. The summed E-state index contributed by atoms with van der Waals surface area (Å²) in [5.41, 5.74) is 1.17. The highest BCUT2D eigenvalue weighted by Gasteiger charge is 2.40. The third-order valence-corrected chi connectivity index (χ3v) is 8.46. The maximum Gasteiger partial charge on any atom is 0.408 e. The number of benzene rings is 2. The summed E-state index contributed by atoms with van der Waals surface area (Å²) in [4.78, 5) is 49.6. The van der Waals surface area contributed by atoms with Gasteiger partial charge in [-0.2, -0.15) is 4.31 Å². The van der Waals surface area contributed by atoms with E-state index in [1.165, 1.54) is 19.1 Å². The predicted octanol–water partition coefficient (Wildman–Crippen LogP) is 2.81. The topological polar surface area (TPSA) is 171 Å².